The number of rotatable bonds is 5. The summed E-state index contributed by atoms with van der Waals surface area (Å²) in [6.45, 7) is 3.66. The molecule has 132 valence electrons. The second-order valence-electron chi connectivity index (χ2n) is 5.74. The number of thiazole rings is 1. The molecule has 0 unspecified atom stereocenters. The van der Waals surface area contributed by atoms with E-state index in [1.54, 1.807) is 18.4 Å². The Balaban J connectivity index is 1.63. The van der Waals surface area contributed by atoms with Gasteiger partial charge in [-0.1, -0.05) is 6.07 Å². The van der Waals surface area contributed by atoms with Crippen molar-refractivity contribution in [1.29, 1.82) is 0 Å². The third-order valence-electron chi connectivity index (χ3n) is 4.13. The Morgan fingerprint density at radius 2 is 2.04 bits per heavy atom. The molecule has 1 aliphatic rings. The zero-order valence-corrected chi connectivity index (χ0v) is 14.7. The number of anilines is 1. The summed E-state index contributed by atoms with van der Waals surface area (Å²) >= 11 is 1.49. The molecule has 8 heteroatoms. The summed E-state index contributed by atoms with van der Waals surface area (Å²) in [5.41, 5.74) is 0.429. The molecule has 0 aliphatic carbocycles. The van der Waals surface area contributed by atoms with Crippen LogP contribution in [0.1, 0.15) is 51.7 Å². The van der Waals surface area contributed by atoms with E-state index in [-0.39, 0.29) is 11.7 Å². The van der Waals surface area contributed by atoms with E-state index in [2.05, 4.69) is 14.9 Å². The van der Waals surface area contributed by atoms with Gasteiger partial charge in [-0.25, -0.2) is 19.6 Å². The molecule has 3 heterocycles. The lowest BCUT2D eigenvalue weighted by Crippen LogP contribution is -2.33. The normalized spacial score (nSPS) is 15.2. The Kier molecular flexibility index (Phi) is 5.28. The highest BCUT2D eigenvalue weighted by Gasteiger charge is 2.25. The van der Waals surface area contributed by atoms with Gasteiger partial charge in [0.25, 0.3) is 0 Å². The Bertz CT molecular complexity index is 769. The van der Waals surface area contributed by atoms with Crippen LogP contribution in [-0.2, 0) is 4.74 Å². The van der Waals surface area contributed by atoms with Crippen molar-refractivity contribution in [3.05, 3.63) is 40.0 Å². The molecular weight excluding hydrogens is 342 g/mol. The van der Waals surface area contributed by atoms with E-state index in [0.29, 0.717) is 24.0 Å². The fourth-order valence-electron chi connectivity index (χ4n) is 2.85. The van der Waals surface area contributed by atoms with Gasteiger partial charge in [-0.05, 0) is 31.9 Å². The minimum atomic E-state index is -1.02. The number of carboxylic acids is 1. The third kappa shape index (κ3) is 3.96. The molecule has 0 atom stereocenters. The maximum Gasteiger partial charge on any atom is 0.357 e. The van der Waals surface area contributed by atoms with Gasteiger partial charge in [-0.15, -0.1) is 11.3 Å². The number of carbonyl (C=O) groups is 2. The molecule has 1 aliphatic heterocycles. The Labute approximate surface area is 149 Å². The van der Waals surface area contributed by atoms with Crippen molar-refractivity contribution in [2.24, 2.45) is 0 Å². The molecule has 3 rings (SSSR count). The van der Waals surface area contributed by atoms with Crippen LogP contribution in [0, 0.1) is 0 Å². The van der Waals surface area contributed by atoms with Crippen molar-refractivity contribution in [3.63, 3.8) is 0 Å². The van der Waals surface area contributed by atoms with Gasteiger partial charge in [0.2, 0.25) is 0 Å². The van der Waals surface area contributed by atoms with E-state index in [0.717, 1.165) is 30.9 Å². The summed E-state index contributed by atoms with van der Waals surface area (Å²) < 4.78 is 4.97. The Morgan fingerprint density at radius 1 is 1.28 bits per heavy atom. The van der Waals surface area contributed by atoms with E-state index in [1.807, 2.05) is 6.07 Å². The number of hydrogen-bond donors (Lipinski definition) is 1. The second kappa shape index (κ2) is 7.60. The van der Waals surface area contributed by atoms with Gasteiger partial charge >= 0.3 is 11.9 Å². The molecule has 0 spiro atoms. The number of pyridine rings is 1. The average molecular weight is 361 g/mol. The number of nitrogens with zero attached hydrogens (tertiary/aromatic N) is 3. The predicted molar refractivity (Wildman–Crippen MR) is 93.5 cm³/mol. The quantitative estimate of drug-likeness (QED) is 0.819. The molecule has 2 aromatic rings. The summed E-state index contributed by atoms with van der Waals surface area (Å²) in [6.07, 6.45) is 1.77. The first-order chi connectivity index (χ1) is 12.1. The number of aromatic carboxylic acids is 1. The van der Waals surface area contributed by atoms with E-state index in [1.165, 1.54) is 17.4 Å². The maximum atomic E-state index is 11.7. The highest BCUT2D eigenvalue weighted by atomic mass is 32.1. The van der Waals surface area contributed by atoms with Gasteiger partial charge in [0.15, 0.2) is 11.4 Å². The second-order valence-corrected chi connectivity index (χ2v) is 6.63. The minimum Gasteiger partial charge on any atom is -0.477 e. The molecule has 0 saturated carbocycles. The van der Waals surface area contributed by atoms with Crippen LogP contribution in [0.5, 0.6) is 0 Å². The lowest BCUT2D eigenvalue weighted by Gasteiger charge is -2.32. The number of carboxylic acid groups (broad SMARTS) is 1. The van der Waals surface area contributed by atoms with Crippen LogP contribution < -0.4 is 4.90 Å². The summed E-state index contributed by atoms with van der Waals surface area (Å²) in [5, 5.41) is 11.8. The SMILES string of the molecule is CCOC(=O)c1csc(C2CCN(c3cccc(C(=O)O)n3)CC2)n1. The van der Waals surface area contributed by atoms with Gasteiger partial charge in [0.1, 0.15) is 5.82 Å². The number of ether oxygens (including phenoxy) is 1. The molecule has 2 aromatic heterocycles. The van der Waals surface area contributed by atoms with Crippen LogP contribution in [-0.4, -0.2) is 46.7 Å². The van der Waals surface area contributed by atoms with Crippen LogP contribution in [0.4, 0.5) is 5.82 Å². The fraction of sp³-hybridized carbons (Fsp3) is 0.412. The van der Waals surface area contributed by atoms with Crippen LogP contribution in [0.3, 0.4) is 0 Å². The smallest absolute Gasteiger partial charge is 0.357 e. The highest BCUT2D eigenvalue weighted by molar-refractivity contribution is 7.09. The summed E-state index contributed by atoms with van der Waals surface area (Å²) in [6, 6.07) is 5.03. The molecule has 25 heavy (non-hydrogen) atoms. The van der Waals surface area contributed by atoms with Crippen molar-refractivity contribution < 1.29 is 19.4 Å². The van der Waals surface area contributed by atoms with Crippen molar-refractivity contribution in [2.75, 3.05) is 24.6 Å². The lowest BCUT2D eigenvalue weighted by atomic mass is 9.97. The lowest BCUT2D eigenvalue weighted by molar-refractivity contribution is 0.0519. The molecule has 1 fully saturated rings. The monoisotopic (exact) mass is 361 g/mol. The van der Waals surface area contributed by atoms with E-state index in [4.69, 9.17) is 9.84 Å². The first-order valence-electron chi connectivity index (χ1n) is 8.16. The molecule has 0 radical (unpaired) electrons. The Hall–Kier alpha value is -2.48. The summed E-state index contributed by atoms with van der Waals surface area (Å²) in [5.74, 6) is -0.417. The average Bonchev–Trinajstić information content (AvgIpc) is 3.12. The zero-order chi connectivity index (χ0) is 17.8. The Morgan fingerprint density at radius 3 is 2.72 bits per heavy atom. The topological polar surface area (TPSA) is 92.6 Å². The number of carbonyl (C=O) groups excluding carboxylic acids is 1. The highest BCUT2D eigenvalue weighted by Crippen LogP contribution is 2.32. The van der Waals surface area contributed by atoms with Crippen LogP contribution >= 0.6 is 11.3 Å². The third-order valence-corrected chi connectivity index (χ3v) is 5.14. The van der Waals surface area contributed by atoms with Gasteiger partial charge in [0.05, 0.1) is 11.6 Å². The van der Waals surface area contributed by atoms with Crippen molar-refractivity contribution in [2.45, 2.75) is 25.7 Å². The van der Waals surface area contributed by atoms with E-state index >= 15 is 0 Å². The van der Waals surface area contributed by atoms with Gasteiger partial charge in [-0.2, -0.15) is 0 Å². The van der Waals surface area contributed by atoms with E-state index in [9.17, 15) is 9.59 Å². The number of piperidine rings is 1. The van der Waals surface area contributed by atoms with Gasteiger partial charge in [0, 0.05) is 24.4 Å². The minimum absolute atomic E-state index is 0.0543. The first-order valence-corrected chi connectivity index (χ1v) is 9.04. The first kappa shape index (κ1) is 17.3. The number of hydrogen-bond acceptors (Lipinski definition) is 7. The van der Waals surface area contributed by atoms with Crippen LogP contribution in [0.25, 0.3) is 0 Å². The molecule has 0 amide bonds. The number of aromatic nitrogens is 2. The largest absolute Gasteiger partial charge is 0.477 e. The van der Waals surface area contributed by atoms with Crippen LogP contribution in [0.15, 0.2) is 23.6 Å². The summed E-state index contributed by atoms with van der Waals surface area (Å²) in [4.78, 5) is 33.5. The molecule has 0 aromatic carbocycles. The molecule has 1 saturated heterocycles. The zero-order valence-electron chi connectivity index (χ0n) is 13.8. The van der Waals surface area contributed by atoms with Crippen molar-refractivity contribution in [3.8, 4) is 0 Å². The van der Waals surface area contributed by atoms with Crippen LogP contribution in [0.2, 0.25) is 0 Å². The van der Waals surface area contributed by atoms with Crippen molar-refractivity contribution in [1.82, 2.24) is 9.97 Å². The van der Waals surface area contributed by atoms with Gasteiger partial charge in [-0.3, -0.25) is 0 Å². The van der Waals surface area contributed by atoms with E-state index < -0.39 is 5.97 Å². The standard InChI is InChI=1S/C17H19N3O4S/c1-2-24-17(23)13-10-25-15(19-13)11-6-8-20(9-7-11)14-5-3-4-12(18-14)16(21)22/h3-5,10-11H,2,6-9H2,1H3,(H,21,22). The predicted octanol–water partition coefficient (Wildman–Crippen LogP) is 2.80. The van der Waals surface area contributed by atoms with Crippen molar-refractivity contribution >= 4 is 29.1 Å². The molecule has 0 bridgehead atoms. The molecular formula is C17H19N3O4S. The van der Waals surface area contributed by atoms with Gasteiger partial charge < -0.3 is 14.7 Å². The summed E-state index contributed by atoms with van der Waals surface area (Å²) in [7, 11) is 0. The number of esters is 1. The fourth-order valence-corrected chi connectivity index (χ4v) is 3.81. The maximum absolute atomic E-state index is 11.7. The molecule has 1 N–H and O–H groups in total. The molecule has 7 nitrogen and oxygen atoms in total.